The molecule has 0 unspecified atom stereocenters. The number of allylic oxidation sites excluding steroid dienone is 1. The van der Waals surface area contributed by atoms with Crippen LogP contribution in [0.3, 0.4) is 0 Å². The molecule has 6 rings (SSSR count). The number of nitrogens with zero attached hydrogens (tertiary/aromatic N) is 1. The van der Waals surface area contributed by atoms with E-state index in [0.717, 1.165) is 45.2 Å². The van der Waals surface area contributed by atoms with Crippen LogP contribution < -0.4 is 5.32 Å². The van der Waals surface area contributed by atoms with Crippen LogP contribution in [-0.2, 0) is 4.79 Å². The minimum absolute atomic E-state index is 0.0600. The fraction of sp³-hybridized carbons (Fsp3) is 0.258. The lowest BCUT2D eigenvalue weighted by molar-refractivity contribution is -0.385. The van der Waals surface area contributed by atoms with Gasteiger partial charge in [0.1, 0.15) is 17.6 Å². The molecule has 1 aromatic heterocycles. The van der Waals surface area contributed by atoms with E-state index in [2.05, 4.69) is 43.4 Å². The third kappa shape index (κ3) is 3.75. The van der Waals surface area contributed by atoms with E-state index in [1.807, 2.05) is 37.3 Å². The number of anilines is 1. The van der Waals surface area contributed by atoms with Gasteiger partial charge in [-0.1, -0.05) is 44.2 Å². The predicted octanol–water partition coefficient (Wildman–Crippen LogP) is 7.93. The Bertz CT molecular complexity index is 1660. The molecule has 1 N–H and O–H groups in total. The summed E-state index contributed by atoms with van der Waals surface area (Å²) in [7, 11) is 0. The first kappa shape index (κ1) is 23.2. The first-order valence-electron chi connectivity index (χ1n) is 12.5. The van der Waals surface area contributed by atoms with Crippen molar-refractivity contribution in [2.45, 2.75) is 46.6 Å². The number of hydrogen-bond donors (Lipinski definition) is 1. The Morgan fingerprint density at radius 3 is 2.57 bits per heavy atom. The molecule has 0 saturated heterocycles. The normalized spacial score (nSPS) is 18.4. The van der Waals surface area contributed by atoms with Crippen molar-refractivity contribution in [2.24, 2.45) is 5.41 Å². The number of nitrogens with one attached hydrogen (secondary N) is 1. The lowest BCUT2D eigenvalue weighted by atomic mass is 9.68. The highest BCUT2D eigenvalue weighted by molar-refractivity contribution is 6.12. The van der Waals surface area contributed by atoms with Crippen LogP contribution in [0.25, 0.3) is 27.7 Å². The van der Waals surface area contributed by atoms with Crippen LogP contribution in [0.15, 0.2) is 70.7 Å². The van der Waals surface area contributed by atoms with E-state index in [4.69, 9.17) is 4.42 Å². The van der Waals surface area contributed by atoms with Gasteiger partial charge in [0.25, 0.3) is 5.69 Å². The van der Waals surface area contributed by atoms with Gasteiger partial charge in [0.15, 0.2) is 5.78 Å². The Labute approximate surface area is 215 Å². The van der Waals surface area contributed by atoms with Crippen LogP contribution in [0.5, 0.6) is 0 Å². The molecule has 6 heteroatoms. The van der Waals surface area contributed by atoms with Gasteiger partial charge in [0, 0.05) is 40.4 Å². The van der Waals surface area contributed by atoms with E-state index in [1.165, 1.54) is 0 Å². The quantitative estimate of drug-likeness (QED) is 0.232. The average molecular weight is 493 g/mol. The van der Waals surface area contributed by atoms with E-state index in [1.54, 1.807) is 13.0 Å². The highest BCUT2D eigenvalue weighted by atomic mass is 16.6. The summed E-state index contributed by atoms with van der Waals surface area (Å²) in [6.45, 7) is 7.95. The summed E-state index contributed by atoms with van der Waals surface area (Å²) in [5.41, 5.74) is 6.02. The number of carbonyl (C=O) groups is 1. The maximum atomic E-state index is 13.6. The summed E-state index contributed by atoms with van der Waals surface area (Å²) in [6, 6.07) is 19.1. The van der Waals surface area contributed by atoms with Crippen LogP contribution in [0.4, 0.5) is 11.4 Å². The average Bonchev–Trinajstić information content (AvgIpc) is 3.32. The summed E-state index contributed by atoms with van der Waals surface area (Å²) in [5.74, 6) is 1.30. The van der Waals surface area contributed by atoms with Crippen LogP contribution in [0.1, 0.15) is 55.2 Å². The maximum absolute atomic E-state index is 13.6. The van der Waals surface area contributed by atoms with Crippen molar-refractivity contribution in [3.63, 3.8) is 0 Å². The Hall–Kier alpha value is -4.19. The van der Waals surface area contributed by atoms with Gasteiger partial charge in [-0.2, -0.15) is 0 Å². The second-order valence-corrected chi connectivity index (χ2v) is 11.0. The first-order chi connectivity index (χ1) is 17.6. The van der Waals surface area contributed by atoms with Crippen molar-refractivity contribution in [3.05, 3.63) is 98.8 Å². The van der Waals surface area contributed by atoms with E-state index < -0.39 is 6.04 Å². The molecule has 1 aliphatic carbocycles. The molecule has 0 fully saturated rings. The maximum Gasteiger partial charge on any atom is 0.273 e. The Morgan fingerprint density at radius 2 is 1.78 bits per heavy atom. The van der Waals surface area contributed by atoms with Crippen molar-refractivity contribution in [3.8, 4) is 11.3 Å². The lowest BCUT2D eigenvalue weighted by Crippen LogP contribution is -2.33. The summed E-state index contributed by atoms with van der Waals surface area (Å²) < 4.78 is 6.34. The molecule has 0 amide bonds. The number of nitro benzene ring substituents is 1. The molecule has 2 heterocycles. The zero-order chi connectivity index (χ0) is 26.1. The van der Waals surface area contributed by atoms with E-state index in [-0.39, 0.29) is 21.8 Å². The van der Waals surface area contributed by atoms with Gasteiger partial charge in [0.2, 0.25) is 0 Å². The molecule has 4 aromatic rings. The zero-order valence-corrected chi connectivity index (χ0v) is 21.3. The van der Waals surface area contributed by atoms with E-state index in [0.29, 0.717) is 29.1 Å². The van der Waals surface area contributed by atoms with Crippen molar-refractivity contribution >= 4 is 33.5 Å². The number of rotatable bonds is 3. The van der Waals surface area contributed by atoms with Gasteiger partial charge in [-0.3, -0.25) is 14.9 Å². The third-order valence-corrected chi connectivity index (χ3v) is 7.66. The topological polar surface area (TPSA) is 85.4 Å². The highest BCUT2D eigenvalue weighted by Crippen LogP contribution is 2.52. The van der Waals surface area contributed by atoms with Gasteiger partial charge < -0.3 is 9.73 Å². The second kappa shape index (κ2) is 8.17. The number of ketones is 1. The standard InChI is InChI=1S/C31H28N2O4/c1-17-13-18(2)24(33(35)36)14-21(17)26-11-12-27(37-26)30-29-22(15-31(3,4)16-25(29)34)28-20-8-6-5-7-19(20)9-10-23(28)32-30/h5-14,30,32H,15-16H2,1-4H3/t30-/m0/s1. The molecular weight excluding hydrogens is 464 g/mol. The largest absolute Gasteiger partial charge is 0.459 e. The van der Waals surface area contributed by atoms with Gasteiger partial charge in [-0.25, -0.2) is 0 Å². The van der Waals surface area contributed by atoms with Gasteiger partial charge >= 0.3 is 0 Å². The number of furan rings is 1. The van der Waals surface area contributed by atoms with E-state index in [9.17, 15) is 14.9 Å². The molecule has 3 aromatic carbocycles. The molecule has 1 atom stereocenters. The molecule has 0 spiro atoms. The molecular formula is C31H28N2O4. The lowest BCUT2D eigenvalue weighted by Gasteiger charge is -2.39. The summed E-state index contributed by atoms with van der Waals surface area (Å²) >= 11 is 0. The fourth-order valence-corrected chi connectivity index (χ4v) is 6.01. The van der Waals surface area contributed by atoms with Gasteiger partial charge in [-0.15, -0.1) is 0 Å². The van der Waals surface area contributed by atoms with Crippen LogP contribution in [0.2, 0.25) is 0 Å². The number of fused-ring (bicyclic) bond motifs is 4. The summed E-state index contributed by atoms with van der Waals surface area (Å²) in [6.07, 6.45) is 1.27. The number of hydrogen-bond acceptors (Lipinski definition) is 5. The van der Waals surface area contributed by atoms with E-state index >= 15 is 0 Å². The number of Topliss-reactive ketones (excluding diaryl/α,β-unsaturated/α-hetero) is 1. The summed E-state index contributed by atoms with van der Waals surface area (Å²) in [4.78, 5) is 24.8. The van der Waals surface area contributed by atoms with Crippen molar-refractivity contribution in [1.82, 2.24) is 0 Å². The monoisotopic (exact) mass is 492 g/mol. The molecule has 0 radical (unpaired) electrons. The highest BCUT2D eigenvalue weighted by Gasteiger charge is 2.41. The Kier molecular flexibility index (Phi) is 5.13. The third-order valence-electron chi connectivity index (χ3n) is 7.66. The fourth-order valence-electron chi connectivity index (χ4n) is 6.01. The van der Waals surface area contributed by atoms with Gasteiger partial charge in [0.05, 0.1) is 4.92 Å². The number of benzene rings is 3. The summed E-state index contributed by atoms with van der Waals surface area (Å²) in [5, 5.41) is 17.4. The van der Waals surface area contributed by atoms with Crippen LogP contribution in [-0.4, -0.2) is 10.7 Å². The minimum Gasteiger partial charge on any atom is -0.459 e. The number of carbonyl (C=O) groups excluding carboxylic acids is 1. The Balaban J connectivity index is 1.51. The molecule has 186 valence electrons. The SMILES string of the molecule is Cc1cc(C)c([N+](=O)[O-])cc1-c1ccc([C@@H]2Nc3ccc4ccccc4c3C3=C2C(=O)CC(C)(C)C3)o1. The molecule has 0 saturated carbocycles. The second-order valence-electron chi connectivity index (χ2n) is 11.0. The molecule has 37 heavy (non-hydrogen) atoms. The smallest absolute Gasteiger partial charge is 0.273 e. The van der Waals surface area contributed by atoms with Crippen molar-refractivity contribution in [2.75, 3.05) is 5.32 Å². The first-order valence-corrected chi connectivity index (χ1v) is 12.5. The number of aryl methyl sites for hydroxylation is 2. The molecule has 1 aliphatic heterocycles. The van der Waals surface area contributed by atoms with Crippen molar-refractivity contribution in [1.29, 1.82) is 0 Å². The molecule has 0 bridgehead atoms. The van der Waals surface area contributed by atoms with Crippen LogP contribution in [0, 0.1) is 29.4 Å². The zero-order valence-electron chi connectivity index (χ0n) is 21.3. The van der Waals surface area contributed by atoms with Crippen molar-refractivity contribution < 1.29 is 14.1 Å². The number of nitro groups is 1. The molecule has 2 aliphatic rings. The van der Waals surface area contributed by atoms with Gasteiger partial charge in [-0.05, 0) is 71.9 Å². The minimum atomic E-state index is -0.429. The predicted molar refractivity (Wildman–Crippen MR) is 146 cm³/mol. The Morgan fingerprint density at radius 1 is 1.00 bits per heavy atom. The van der Waals surface area contributed by atoms with Crippen LogP contribution >= 0.6 is 0 Å². The molecule has 6 nitrogen and oxygen atoms in total.